The minimum atomic E-state index is 0.0307. The lowest BCUT2D eigenvalue weighted by molar-refractivity contribution is 0.0697. The van der Waals surface area contributed by atoms with E-state index in [1.54, 1.807) is 19.4 Å². The Balaban J connectivity index is 1.65. The average molecular weight is 351 g/mol. The Hall–Kier alpha value is -2.80. The fourth-order valence-corrected chi connectivity index (χ4v) is 3.56. The summed E-state index contributed by atoms with van der Waals surface area (Å²) in [4.78, 5) is 19.6. The minimum Gasteiger partial charge on any atom is -0.377 e. The van der Waals surface area contributed by atoms with Gasteiger partial charge >= 0.3 is 0 Å². The standard InChI is InChI=1S/C19H21N5O2/c1-13-11-17-21-22-18(12-26-2)24(17)10-9-23(13)19(25)15-7-8-20-16-6-4-3-5-14(15)16/h3-8,13H,9-12H2,1-2H3/t13-/m0/s1. The van der Waals surface area contributed by atoms with E-state index in [-0.39, 0.29) is 11.9 Å². The molecule has 134 valence electrons. The second-order valence-corrected chi connectivity index (χ2v) is 6.54. The summed E-state index contributed by atoms with van der Waals surface area (Å²) in [5, 5.41) is 9.38. The number of benzene rings is 1. The molecule has 0 saturated heterocycles. The van der Waals surface area contributed by atoms with Crippen LogP contribution in [0.15, 0.2) is 36.5 Å². The molecule has 0 fully saturated rings. The van der Waals surface area contributed by atoms with Crippen LogP contribution in [0.25, 0.3) is 10.9 Å². The van der Waals surface area contributed by atoms with Crippen LogP contribution in [0.5, 0.6) is 0 Å². The van der Waals surface area contributed by atoms with Crippen molar-refractivity contribution in [1.29, 1.82) is 0 Å². The van der Waals surface area contributed by atoms with Crippen molar-refractivity contribution >= 4 is 16.8 Å². The predicted octanol–water partition coefficient (Wildman–Crippen LogP) is 2.06. The van der Waals surface area contributed by atoms with Gasteiger partial charge in [-0.15, -0.1) is 10.2 Å². The fraction of sp³-hybridized carbons (Fsp3) is 0.368. The summed E-state index contributed by atoms with van der Waals surface area (Å²) in [5.74, 6) is 1.74. The summed E-state index contributed by atoms with van der Waals surface area (Å²) in [5.41, 5.74) is 1.53. The Morgan fingerprint density at radius 2 is 2.08 bits per heavy atom. The van der Waals surface area contributed by atoms with Crippen LogP contribution in [-0.4, -0.2) is 50.3 Å². The maximum atomic E-state index is 13.3. The number of rotatable bonds is 3. The van der Waals surface area contributed by atoms with E-state index in [2.05, 4.69) is 26.7 Å². The van der Waals surface area contributed by atoms with Gasteiger partial charge in [-0.2, -0.15) is 0 Å². The van der Waals surface area contributed by atoms with E-state index in [9.17, 15) is 4.79 Å². The number of pyridine rings is 1. The highest BCUT2D eigenvalue weighted by Crippen LogP contribution is 2.22. The highest BCUT2D eigenvalue weighted by Gasteiger charge is 2.28. The third kappa shape index (κ3) is 2.84. The Morgan fingerprint density at radius 3 is 2.92 bits per heavy atom. The van der Waals surface area contributed by atoms with E-state index >= 15 is 0 Å². The van der Waals surface area contributed by atoms with E-state index in [0.717, 1.165) is 22.6 Å². The van der Waals surface area contributed by atoms with Gasteiger partial charge in [-0.05, 0) is 19.1 Å². The molecule has 0 spiro atoms. The van der Waals surface area contributed by atoms with Crippen LogP contribution in [0.1, 0.15) is 28.9 Å². The number of hydrogen-bond acceptors (Lipinski definition) is 5. The summed E-state index contributed by atoms with van der Waals surface area (Å²) in [6.45, 7) is 3.75. The van der Waals surface area contributed by atoms with Crippen molar-refractivity contribution in [2.75, 3.05) is 13.7 Å². The summed E-state index contributed by atoms with van der Waals surface area (Å²) in [7, 11) is 1.64. The van der Waals surface area contributed by atoms with Gasteiger partial charge in [0.15, 0.2) is 5.82 Å². The van der Waals surface area contributed by atoms with Crippen molar-refractivity contribution in [3.05, 3.63) is 53.7 Å². The minimum absolute atomic E-state index is 0.0307. The lowest BCUT2D eigenvalue weighted by atomic mass is 10.1. The number of carbonyl (C=O) groups excluding carboxylic acids is 1. The number of fused-ring (bicyclic) bond motifs is 2. The van der Waals surface area contributed by atoms with Gasteiger partial charge in [0.1, 0.15) is 12.4 Å². The molecule has 26 heavy (non-hydrogen) atoms. The van der Waals surface area contributed by atoms with Crippen LogP contribution in [-0.2, 0) is 24.3 Å². The topological polar surface area (TPSA) is 73.1 Å². The third-order valence-corrected chi connectivity index (χ3v) is 4.89. The van der Waals surface area contributed by atoms with Crippen LogP contribution < -0.4 is 0 Å². The van der Waals surface area contributed by atoms with Gasteiger partial charge in [0, 0.05) is 44.2 Å². The molecule has 1 aromatic carbocycles. The van der Waals surface area contributed by atoms with E-state index in [0.29, 0.717) is 31.7 Å². The molecular weight excluding hydrogens is 330 g/mol. The molecule has 0 bridgehead atoms. The Morgan fingerprint density at radius 1 is 1.23 bits per heavy atom. The molecule has 7 heteroatoms. The Kier molecular flexibility index (Phi) is 4.38. The van der Waals surface area contributed by atoms with Gasteiger partial charge in [-0.3, -0.25) is 9.78 Å². The van der Waals surface area contributed by atoms with Gasteiger partial charge in [0.05, 0.1) is 11.1 Å². The molecule has 7 nitrogen and oxygen atoms in total. The Bertz CT molecular complexity index is 947. The monoisotopic (exact) mass is 351 g/mol. The van der Waals surface area contributed by atoms with Gasteiger partial charge < -0.3 is 14.2 Å². The first kappa shape index (κ1) is 16.7. The van der Waals surface area contributed by atoms with Gasteiger partial charge in [0.2, 0.25) is 0 Å². The molecule has 4 rings (SSSR count). The van der Waals surface area contributed by atoms with Crippen molar-refractivity contribution in [3.63, 3.8) is 0 Å². The maximum Gasteiger partial charge on any atom is 0.254 e. The first-order valence-corrected chi connectivity index (χ1v) is 8.73. The van der Waals surface area contributed by atoms with Crippen molar-refractivity contribution in [3.8, 4) is 0 Å². The quantitative estimate of drug-likeness (QED) is 0.722. The lowest BCUT2D eigenvalue weighted by Gasteiger charge is -2.27. The predicted molar refractivity (Wildman–Crippen MR) is 96.7 cm³/mol. The van der Waals surface area contributed by atoms with E-state index in [1.807, 2.05) is 29.2 Å². The number of carbonyl (C=O) groups is 1. The molecule has 1 aliphatic heterocycles. The molecule has 0 aliphatic carbocycles. The van der Waals surface area contributed by atoms with E-state index < -0.39 is 0 Å². The summed E-state index contributed by atoms with van der Waals surface area (Å²) in [6.07, 6.45) is 2.37. The molecule has 0 N–H and O–H groups in total. The number of para-hydroxylation sites is 1. The molecule has 3 aromatic rings. The van der Waals surface area contributed by atoms with Crippen LogP contribution >= 0.6 is 0 Å². The molecule has 0 radical (unpaired) electrons. The second kappa shape index (κ2) is 6.84. The fourth-order valence-electron chi connectivity index (χ4n) is 3.56. The molecule has 2 aromatic heterocycles. The molecule has 3 heterocycles. The van der Waals surface area contributed by atoms with Crippen molar-refractivity contribution in [2.45, 2.75) is 32.5 Å². The van der Waals surface area contributed by atoms with Gasteiger partial charge in [-0.25, -0.2) is 0 Å². The molecular formula is C19H21N5O2. The largest absolute Gasteiger partial charge is 0.377 e. The molecule has 0 unspecified atom stereocenters. The normalized spacial score (nSPS) is 17.2. The van der Waals surface area contributed by atoms with Crippen molar-refractivity contribution in [2.24, 2.45) is 0 Å². The first-order chi connectivity index (χ1) is 12.7. The zero-order valence-electron chi connectivity index (χ0n) is 14.9. The van der Waals surface area contributed by atoms with Gasteiger partial charge in [-0.1, -0.05) is 18.2 Å². The number of amides is 1. The molecule has 1 atom stereocenters. The zero-order valence-corrected chi connectivity index (χ0v) is 14.9. The van der Waals surface area contributed by atoms with Crippen LogP contribution in [0.3, 0.4) is 0 Å². The maximum absolute atomic E-state index is 13.3. The highest BCUT2D eigenvalue weighted by atomic mass is 16.5. The molecule has 1 amide bonds. The van der Waals surface area contributed by atoms with Crippen LogP contribution in [0.4, 0.5) is 0 Å². The number of ether oxygens (including phenoxy) is 1. The number of methoxy groups -OCH3 is 1. The SMILES string of the molecule is COCc1nnc2n1CCN(C(=O)c1ccnc3ccccc13)[C@@H](C)C2. The zero-order chi connectivity index (χ0) is 18.1. The number of hydrogen-bond donors (Lipinski definition) is 0. The smallest absolute Gasteiger partial charge is 0.254 e. The lowest BCUT2D eigenvalue weighted by Crippen LogP contribution is -2.40. The van der Waals surface area contributed by atoms with Gasteiger partial charge in [0.25, 0.3) is 5.91 Å². The van der Waals surface area contributed by atoms with E-state index in [4.69, 9.17) is 4.74 Å². The van der Waals surface area contributed by atoms with E-state index in [1.165, 1.54) is 0 Å². The first-order valence-electron chi connectivity index (χ1n) is 8.73. The second-order valence-electron chi connectivity index (χ2n) is 6.54. The van der Waals surface area contributed by atoms with Crippen molar-refractivity contribution in [1.82, 2.24) is 24.6 Å². The average Bonchev–Trinajstić information content (AvgIpc) is 2.94. The molecule has 0 saturated carbocycles. The summed E-state index contributed by atoms with van der Waals surface area (Å²) >= 11 is 0. The number of nitrogens with zero attached hydrogens (tertiary/aromatic N) is 5. The van der Waals surface area contributed by atoms with Crippen LogP contribution in [0.2, 0.25) is 0 Å². The summed E-state index contributed by atoms with van der Waals surface area (Å²) in [6, 6.07) is 9.58. The number of aromatic nitrogens is 4. The Labute approximate surface area is 151 Å². The van der Waals surface area contributed by atoms with Crippen LogP contribution in [0, 0.1) is 0 Å². The highest BCUT2D eigenvalue weighted by molar-refractivity contribution is 6.06. The third-order valence-electron chi connectivity index (χ3n) is 4.89. The molecule has 1 aliphatic rings. The van der Waals surface area contributed by atoms with Crippen molar-refractivity contribution < 1.29 is 9.53 Å². The summed E-state index contributed by atoms with van der Waals surface area (Å²) < 4.78 is 7.27.